The van der Waals surface area contributed by atoms with Gasteiger partial charge < -0.3 is 21.2 Å². The van der Waals surface area contributed by atoms with Gasteiger partial charge in [0.15, 0.2) is 5.82 Å². The quantitative estimate of drug-likeness (QED) is 0.730. The van der Waals surface area contributed by atoms with Crippen molar-refractivity contribution in [2.45, 2.75) is 32.1 Å². The Morgan fingerprint density at radius 3 is 2.41 bits per heavy atom. The Bertz CT molecular complexity index is 987. The number of carbonyl (C=O) groups excluding carboxylic acids is 2. The molecule has 1 aromatic heterocycles. The predicted octanol–water partition coefficient (Wildman–Crippen LogP) is 1.86. The molecule has 1 aromatic carbocycles. The van der Waals surface area contributed by atoms with Crippen molar-refractivity contribution in [1.29, 1.82) is 0 Å². The maximum atomic E-state index is 13.5. The van der Waals surface area contributed by atoms with Gasteiger partial charge in [-0.3, -0.25) is 19.4 Å². The van der Waals surface area contributed by atoms with E-state index in [9.17, 15) is 9.59 Å². The van der Waals surface area contributed by atoms with Crippen LogP contribution in [0.5, 0.6) is 0 Å². The summed E-state index contributed by atoms with van der Waals surface area (Å²) in [6.07, 6.45) is 8.54. The van der Waals surface area contributed by atoms with Crippen LogP contribution in [0.1, 0.15) is 42.5 Å². The van der Waals surface area contributed by atoms with E-state index >= 15 is 0 Å². The van der Waals surface area contributed by atoms with Crippen molar-refractivity contribution < 1.29 is 20.5 Å². The van der Waals surface area contributed by atoms with Gasteiger partial charge in [-0.25, -0.2) is 4.98 Å². The molecule has 1 saturated carbocycles. The van der Waals surface area contributed by atoms with E-state index in [2.05, 4.69) is 20.1 Å². The SMILES string of the molecule is O.O.O=C1Nc2cccnc2N(C(=O)CN2CCN(CC3CCCCC3)CC2)c2ccccc21. The molecule has 0 unspecified atom stereocenters. The maximum absolute atomic E-state index is 13.5. The highest BCUT2D eigenvalue weighted by molar-refractivity contribution is 6.17. The monoisotopic (exact) mass is 469 g/mol. The molecule has 0 radical (unpaired) electrons. The summed E-state index contributed by atoms with van der Waals surface area (Å²) >= 11 is 0. The second kappa shape index (κ2) is 11.5. The van der Waals surface area contributed by atoms with Crippen LogP contribution in [0, 0.1) is 5.92 Å². The number of para-hydroxylation sites is 1. The predicted molar refractivity (Wildman–Crippen MR) is 132 cm³/mol. The van der Waals surface area contributed by atoms with Crippen molar-refractivity contribution in [1.82, 2.24) is 14.8 Å². The minimum Gasteiger partial charge on any atom is -0.412 e. The molecule has 1 aliphatic carbocycles. The summed E-state index contributed by atoms with van der Waals surface area (Å²) in [5.74, 6) is 1.04. The lowest BCUT2D eigenvalue weighted by Crippen LogP contribution is -2.50. The highest BCUT2D eigenvalue weighted by atomic mass is 16.2. The van der Waals surface area contributed by atoms with Gasteiger partial charge in [0.1, 0.15) is 0 Å². The molecule has 184 valence electrons. The molecule has 3 heterocycles. The Hall–Kier alpha value is -2.85. The number of pyridine rings is 1. The van der Waals surface area contributed by atoms with Crippen LogP contribution < -0.4 is 10.2 Å². The molecule has 34 heavy (non-hydrogen) atoms. The van der Waals surface area contributed by atoms with Gasteiger partial charge in [-0.1, -0.05) is 31.4 Å². The van der Waals surface area contributed by atoms with Crippen LogP contribution in [0.2, 0.25) is 0 Å². The molecule has 2 aliphatic heterocycles. The number of amides is 2. The van der Waals surface area contributed by atoms with Crippen LogP contribution in [-0.4, -0.2) is 76.8 Å². The van der Waals surface area contributed by atoms with E-state index in [1.54, 1.807) is 29.3 Å². The standard InChI is InChI=1S/C25H31N5O2.2H2O/c31-23(18-29-15-13-28(14-16-29)17-19-7-2-1-3-8-19)30-22-11-5-4-9-20(22)25(32)27-21-10-6-12-26-24(21)30;;/h4-6,9-12,19H,1-3,7-8,13-18H2,(H,27,32);2*1H2. The topological polar surface area (TPSA) is 132 Å². The number of fused-ring (bicyclic) bond motifs is 2. The summed E-state index contributed by atoms with van der Waals surface area (Å²) in [6.45, 7) is 5.31. The maximum Gasteiger partial charge on any atom is 0.257 e. The third kappa shape index (κ3) is 5.44. The van der Waals surface area contributed by atoms with Crippen molar-refractivity contribution in [3.63, 3.8) is 0 Å². The van der Waals surface area contributed by atoms with Crippen LogP contribution in [0.15, 0.2) is 42.6 Å². The second-order valence-corrected chi connectivity index (χ2v) is 9.16. The number of benzene rings is 1. The molecule has 5 N–H and O–H groups in total. The van der Waals surface area contributed by atoms with Crippen molar-refractivity contribution in [2.24, 2.45) is 5.92 Å². The third-order valence-electron chi connectivity index (χ3n) is 6.95. The fourth-order valence-corrected chi connectivity index (χ4v) is 5.22. The molecule has 9 heteroatoms. The number of hydrogen-bond acceptors (Lipinski definition) is 5. The zero-order valence-corrected chi connectivity index (χ0v) is 19.5. The lowest BCUT2D eigenvalue weighted by atomic mass is 9.89. The fourth-order valence-electron chi connectivity index (χ4n) is 5.22. The Morgan fingerprint density at radius 1 is 0.941 bits per heavy atom. The van der Waals surface area contributed by atoms with Gasteiger partial charge in [0.25, 0.3) is 5.91 Å². The first-order chi connectivity index (χ1) is 15.7. The largest absolute Gasteiger partial charge is 0.412 e. The van der Waals surface area contributed by atoms with Gasteiger partial charge >= 0.3 is 0 Å². The van der Waals surface area contributed by atoms with Crippen LogP contribution in [0.25, 0.3) is 0 Å². The van der Waals surface area contributed by atoms with Crippen molar-refractivity contribution >= 4 is 29.0 Å². The average molecular weight is 470 g/mol. The Balaban J connectivity index is 0.00000162. The van der Waals surface area contributed by atoms with Crippen LogP contribution >= 0.6 is 0 Å². The van der Waals surface area contributed by atoms with Crippen molar-refractivity contribution in [3.8, 4) is 0 Å². The first-order valence-corrected chi connectivity index (χ1v) is 11.8. The Kier molecular flexibility index (Phi) is 8.73. The number of hydrogen-bond donors (Lipinski definition) is 1. The fraction of sp³-hybridized carbons (Fsp3) is 0.480. The molecule has 0 spiro atoms. The van der Waals surface area contributed by atoms with Gasteiger partial charge in [0.05, 0.1) is 23.5 Å². The first-order valence-electron chi connectivity index (χ1n) is 11.8. The highest BCUT2D eigenvalue weighted by Crippen LogP contribution is 2.36. The Morgan fingerprint density at radius 2 is 1.65 bits per heavy atom. The molecular weight excluding hydrogens is 434 g/mol. The number of piperazine rings is 1. The summed E-state index contributed by atoms with van der Waals surface area (Å²) in [5, 5.41) is 2.90. The molecule has 1 saturated heterocycles. The number of carbonyl (C=O) groups is 2. The molecule has 0 atom stereocenters. The lowest BCUT2D eigenvalue weighted by Gasteiger charge is -2.37. The summed E-state index contributed by atoms with van der Waals surface area (Å²) < 4.78 is 0. The molecule has 2 aromatic rings. The molecule has 9 nitrogen and oxygen atoms in total. The van der Waals surface area contributed by atoms with E-state index in [0.717, 1.165) is 32.1 Å². The van der Waals surface area contributed by atoms with Crippen LogP contribution in [-0.2, 0) is 4.79 Å². The van der Waals surface area contributed by atoms with Gasteiger partial charge in [-0.2, -0.15) is 0 Å². The number of anilines is 3. The van der Waals surface area contributed by atoms with Crippen molar-refractivity contribution in [3.05, 3.63) is 48.2 Å². The zero-order chi connectivity index (χ0) is 21.9. The average Bonchev–Trinajstić information content (AvgIpc) is 2.95. The summed E-state index contributed by atoms with van der Waals surface area (Å²) in [5.41, 5.74) is 1.62. The van der Waals surface area contributed by atoms with Gasteiger partial charge in [0, 0.05) is 38.9 Å². The van der Waals surface area contributed by atoms with Gasteiger partial charge in [-0.05, 0) is 43.0 Å². The number of aromatic nitrogens is 1. The highest BCUT2D eigenvalue weighted by Gasteiger charge is 2.31. The normalized spacial score (nSPS) is 19.1. The van der Waals surface area contributed by atoms with Crippen LogP contribution in [0.4, 0.5) is 17.2 Å². The summed E-state index contributed by atoms with van der Waals surface area (Å²) in [7, 11) is 0. The van der Waals surface area contributed by atoms with E-state index < -0.39 is 0 Å². The zero-order valence-electron chi connectivity index (χ0n) is 19.5. The lowest BCUT2D eigenvalue weighted by molar-refractivity contribution is -0.119. The Labute approximate surface area is 200 Å². The summed E-state index contributed by atoms with van der Waals surface area (Å²) in [6, 6.07) is 10.8. The van der Waals surface area contributed by atoms with E-state index in [-0.39, 0.29) is 22.8 Å². The van der Waals surface area contributed by atoms with Gasteiger partial charge in [0.2, 0.25) is 5.91 Å². The van der Waals surface area contributed by atoms with E-state index in [4.69, 9.17) is 0 Å². The van der Waals surface area contributed by atoms with Crippen molar-refractivity contribution in [2.75, 3.05) is 49.5 Å². The number of nitrogens with zero attached hydrogens (tertiary/aromatic N) is 4. The molecule has 3 aliphatic rings. The molecule has 0 bridgehead atoms. The van der Waals surface area contributed by atoms with E-state index in [1.165, 1.54) is 38.6 Å². The third-order valence-corrected chi connectivity index (χ3v) is 6.95. The molecule has 5 rings (SSSR count). The van der Waals surface area contributed by atoms with E-state index in [1.807, 2.05) is 18.2 Å². The number of nitrogens with one attached hydrogen (secondary N) is 1. The van der Waals surface area contributed by atoms with Crippen LogP contribution in [0.3, 0.4) is 0 Å². The number of rotatable bonds is 4. The molecule has 2 amide bonds. The minimum absolute atomic E-state index is 0. The van der Waals surface area contributed by atoms with E-state index in [0.29, 0.717) is 29.3 Å². The summed E-state index contributed by atoms with van der Waals surface area (Å²) in [4.78, 5) is 37.1. The molecule has 2 fully saturated rings. The second-order valence-electron chi connectivity index (χ2n) is 9.16. The molecular formula is C25H35N5O4. The smallest absolute Gasteiger partial charge is 0.257 e. The van der Waals surface area contributed by atoms with Gasteiger partial charge in [-0.15, -0.1) is 0 Å². The first kappa shape index (κ1) is 25.8. The minimum atomic E-state index is -0.221.